The first-order valence-electron chi connectivity index (χ1n) is 6.03. The van der Waals surface area contributed by atoms with Crippen LogP contribution in [0, 0.1) is 0 Å². The van der Waals surface area contributed by atoms with E-state index in [-0.39, 0.29) is 12.6 Å². The van der Waals surface area contributed by atoms with E-state index >= 15 is 0 Å². The van der Waals surface area contributed by atoms with Crippen molar-refractivity contribution in [1.29, 1.82) is 0 Å². The lowest BCUT2D eigenvalue weighted by molar-refractivity contribution is 0.0526. The SMILES string of the molecule is CCOC(=O)c1ccc(CCCOS(C)(=O)=O)cc1. The van der Waals surface area contributed by atoms with Crippen LogP contribution in [0.1, 0.15) is 29.3 Å². The fourth-order valence-corrected chi connectivity index (χ4v) is 1.93. The topological polar surface area (TPSA) is 69.7 Å². The van der Waals surface area contributed by atoms with E-state index in [1.54, 1.807) is 19.1 Å². The molecule has 19 heavy (non-hydrogen) atoms. The van der Waals surface area contributed by atoms with E-state index in [2.05, 4.69) is 4.18 Å². The van der Waals surface area contributed by atoms with Crippen molar-refractivity contribution in [2.24, 2.45) is 0 Å². The fourth-order valence-electron chi connectivity index (χ4n) is 1.51. The summed E-state index contributed by atoms with van der Waals surface area (Å²) in [4.78, 5) is 11.4. The lowest BCUT2D eigenvalue weighted by Gasteiger charge is -2.04. The highest BCUT2D eigenvalue weighted by molar-refractivity contribution is 7.85. The van der Waals surface area contributed by atoms with Gasteiger partial charge in [-0.05, 0) is 37.5 Å². The highest BCUT2D eigenvalue weighted by Crippen LogP contribution is 2.08. The highest BCUT2D eigenvalue weighted by Gasteiger charge is 2.06. The Kier molecular flexibility index (Phi) is 5.98. The molecule has 0 heterocycles. The van der Waals surface area contributed by atoms with Crippen LogP contribution in [-0.2, 0) is 25.5 Å². The normalized spacial score (nSPS) is 11.3. The number of hydrogen-bond acceptors (Lipinski definition) is 5. The number of hydrogen-bond donors (Lipinski definition) is 0. The van der Waals surface area contributed by atoms with Gasteiger partial charge in [-0.2, -0.15) is 8.42 Å². The maximum absolute atomic E-state index is 11.4. The van der Waals surface area contributed by atoms with E-state index in [0.29, 0.717) is 25.0 Å². The van der Waals surface area contributed by atoms with Crippen LogP contribution in [-0.4, -0.2) is 33.9 Å². The first-order valence-corrected chi connectivity index (χ1v) is 7.84. The first-order chi connectivity index (χ1) is 8.92. The number of carbonyl (C=O) groups excluding carboxylic acids is 1. The van der Waals surface area contributed by atoms with Gasteiger partial charge in [0, 0.05) is 0 Å². The molecule has 106 valence electrons. The van der Waals surface area contributed by atoms with E-state index in [1.165, 1.54) is 0 Å². The van der Waals surface area contributed by atoms with Crippen LogP contribution in [0.5, 0.6) is 0 Å². The summed E-state index contributed by atoms with van der Waals surface area (Å²) in [6, 6.07) is 7.05. The molecule has 0 bridgehead atoms. The van der Waals surface area contributed by atoms with Gasteiger partial charge in [0.25, 0.3) is 10.1 Å². The second-order valence-electron chi connectivity index (χ2n) is 4.05. The molecule has 0 aliphatic carbocycles. The molecule has 1 rings (SSSR count). The molecule has 6 heteroatoms. The summed E-state index contributed by atoms with van der Waals surface area (Å²) >= 11 is 0. The molecule has 0 aliphatic heterocycles. The van der Waals surface area contributed by atoms with Crippen LogP contribution in [0.2, 0.25) is 0 Å². The maximum atomic E-state index is 11.4. The monoisotopic (exact) mass is 286 g/mol. The molecule has 1 aromatic rings. The average molecular weight is 286 g/mol. The van der Waals surface area contributed by atoms with Crippen molar-refractivity contribution in [3.63, 3.8) is 0 Å². The van der Waals surface area contributed by atoms with Crippen molar-refractivity contribution in [3.8, 4) is 0 Å². The van der Waals surface area contributed by atoms with Gasteiger partial charge in [-0.1, -0.05) is 12.1 Å². The summed E-state index contributed by atoms with van der Waals surface area (Å²) in [6.45, 7) is 2.27. The number of ether oxygens (including phenoxy) is 1. The number of rotatable bonds is 7. The minimum atomic E-state index is -3.36. The Labute approximate surface area is 113 Å². The zero-order chi connectivity index (χ0) is 14.3. The van der Waals surface area contributed by atoms with Gasteiger partial charge < -0.3 is 4.74 Å². The van der Waals surface area contributed by atoms with Crippen LogP contribution in [0.3, 0.4) is 0 Å². The number of aryl methyl sites for hydroxylation is 1. The Morgan fingerprint density at radius 1 is 1.21 bits per heavy atom. The van der Waals surface area contributed by atoms with Gasteiger partial charge >= 0.3 is 5.97 Å². The predicted octanol–water partition coefficient (Wildman–Crippen LogP) is 1.77. The minimum absolute atomic E-state index is 0.165. The second-order valence-corrected chi connectivity index (χ2v) is 5.69. The number of benzene rings is 1. The predicted molar refractivity (Wildman–Crippen MR) is 71.5 cm³/mol. The van der Waals surface area contributed by atoms with E-state index in [9.17, 15) is 13.2 Å². The molecule has 0 aromatic heterocycles. The molecule has 0 aliphatic rings. The molecular formula is C13H18O5S. The Bertz CT molecular complexity index is 504. The molecule has 1 aromatic carbocycles. The Morgan fingerprint density at radius 3 is 2.37 bits per heavy atom. The summed E-state index contributed by atoms with van der Waals surface area (Å²) in [5.41, 5.74) is 1.53. The van der Waals surface area contributed by atoms with Crippen LogP contribution in [0.4, 0.5) is 0 Å². The number of carbonyl (C=O) groups is 1. The van der Waals surface area contributed by atoms with Crippen molar-refractivity contribution in [3.05, 3.63) is 35.4 Å². The summed E-state index contributed by atoms with van der Waals surface area (Å²) in [6.07, 6.45) is 2.32. The Morgan fingerprint density at radius 2 is 1.84 bits per heavy atom. The van der Waals surface area contributed by atoms with Crippen molar-refractivity contribution in [2.45, 2.75) is 19.8 Å². The van der Waals surface area contributed by atoms with Gasteiger partial charge in [-0.25, -0.2) is 4.79 Å². The molecule has 5 nitrogen and oxygen atoms in total. The Balaban J connectivity index is 2.42. The van der Waals surface area contributed by atoms with Gasteiger partial charge in [0.05, 0.1) is 25.0 Å². The average Bonchev–Trinajstić information content (AvgIpc) is 2.34. The van der Waals surface area contributed by atoms with Crippen molar-refractivity contribution in [2.75, 3.05) is 19.5 Å². The Hall–Kier alpha value is -1.40. The zero-order valence-corrected chi connectivity index (χ0v) is 11.9. The lowest BCUT2D eigenvalue weighted by atomic mass is 10.1. The summed E-state index contributed by atoms with van der Waals surface area (Å²) in [7, 11) is -3.36. The molecule has 0 fully saturated rings. The van der Waals surface area contributed by atoms with E-state index in [4.69, 9.17) is 4.74 Å². The molecule has 0 unspecified atom stereocenters. The van der Waals surface area contributed by atoms with Crippen molar-refractivity contribution >= 4 is 16.1 Å². The summed E-state index contributed by atoms with van der Waals surface area (Å²) in [5.74, 6) is -0.338. The fraction of sp³-hybridized carbons (Fsp3) is 0.462. The number of esters is 1. The van der Waals surface area contributed by atoms with E-state index < -0.39 is 10.1 Å². The molecule has 0 saturated heterocycles. The largest absolute Gasteiger partial charge is 0.462 e. The van der Waals surface area contributed by atoms with E-state index in [1.807, 2.05) is 12.1 Å². The molecule has 0 spiro atoms. The van der Waals surface area contributed by atoms with Gasteiger partial charge in [0.1, 0.15) is 0 Å². The van der Waals surface area contributed by atoms with Crippen LogP contribution < -0.4 is 0 Å². The smallest absolute Gasteiger partial charge is 0.338 e. The van der Waals surface area contributed by atoms with E-state index in [0.717, 1.165) is 11.8 Å². The summed E-state index contributed by atoms with van der Waals surface area (Å²) in [5, 5.41) is 0. The molecule has 0 radical (unpaired) electrons. The van der Waals surface area contributed by atoms with Crippen molar-refractivity contribution < 1.29 is 22.1 Å². The second kappa shape index (κ2) is 7.25. The summed E-state index contributed by atoms with van der Waals surface area (Å²) < 4.78 is 31.0. The molecule has 0 N–H and O–H groups in total. The molecule has 0 saturated carbocycles. The van der Waals surface area contributed by atoms with Gasteiger partial charge in [0.2, 0.25) is 0 Å². The maximum Gasteiger partial charge on any atom is 0.338 e. The lowest BCUT2D eigenvalue weighted by Crippen LogP contribution is -2.06. The van der Waals surface area contributed by atoms with Crippen molar-refractivity contribution in [1.82, 2.24) is 0 Å². The van der Waals surface area contributed by atoms with Crippen LogP contribution in [0.15, 0.2) is 24.3 Å². The van der Waals surface area contributed by atoms with Crippen LogP contribution >= 0.6 is 0 Å². The van der Waals surface area contributed by atoms with Crippen LogP contribution in [0.25, 0.3) is 0 Å². The highest BCUT2D eigenvalue weighted by atomic mass is 32.2. The van der Waals surface area contributed by atoms with Gasteiger partial charge in [-0.3, -0.25) is 4.18 Å². The quantitative estimate of drug-likeness (QED) is 0.434. The molecular weight excluding hydrogens is 268 g/mol. The first kappa shape index (κ1) is 15.7. The standard InChI is InChI=1S/C13H18O5S/c1-3-17-13(14)12-8-6-11(7-9-12)5-4-10-18-19(2,15)16/h6-9H,3-5,10H2,1-2H3. The third-order valence-electron chi connectivity index (χ3n) is 2.37. The van der Waals surface area contributed by atoms with Gasteiger partial charge in [0.15, 0.2) is 0 Å². The molecule has 0 amide bonds. The minimum Gasteiger partial charge on any atom is -0.462 e. The van der Waals surface area contributed by atoms with Gasteiger partial charge in [-0.15, -0.1) is 0 Å². The third kappa shape index (κ3) is 6.35. The zero-order valence-electron chi connectivity index (χ0n) is 11.1. The molecule has 0 atom stereocenters. The third-order valence-corrected chi connectivity index (χ3v) is 2.97.